The lowest BCUT2D eigenvalue weighted by Gasteiger charge is -2.09. The van der Waals surface area contributed by atoms with E-state index in [-0.39, 0.29) is 11.9 Å². The van der Waals surface area contributed by atoms with E-state index in [0.29, 0.717) is 22.4 Å². The summed E-state index contributed by atoms with van der Waals surface area (Å²) in [4.78, 5) is 0. The Labute approximate surface area is 95.4 Å². The third kappa shape index (κ3) is 1.82. The molecule has 1 nitrogen and oxygen atoms in total. The van der Waals surface area contributed by atoms with Crippen molar-refractivity contribution in [3.8, 4) is 0 Å². The zero-order valence-electron chi connectivity index (χ0n) is 9.70. The Hall–Kier alpha value is -2.09. The normalized spacial score (nSPS) is 10.9. The van der Waals surface area contributed by atoms with Gasteiger partial charge in [-0.1, -0.05) is 43.0 Å². The number of benzene rings is 2. The van der Waals surface area contributed by atoms with Crippen LogP contribution in [0.15, 0.2) is 55.1 Å². The highest BCUT2D eigenvalue weighted by molar-refractivity contribution is 5.84. The molecule has 0 aromatic heterocycles. The Morgan fingerprint density at radius 3 is 2.50 bits per heavy atom. The van der Waals surface area contributed by atoms with Crippen LogP contribution in [0.3, 0.4) is 0 Å². The second-order valence-corrected chi connectivity index (χ2v) is 3.46. The van der Waals surface area contributed by atoms with E-state index in [0.717, 1.165) is 0 Å². The molecule has 0 amide bonds. The largest absolute Gasteiger partial charge is 0.398 e. The van der Waals surface area contributed by atoms with Gasteiger partial charge in [0, 0.05) is 16.8 Å². The molecule has 0 aliphatic rings. The van der Waals surface area contributed by atoms with Gasteiger partial charge < -0.3 is 5.73 Å². The second-order valence-electron chi connectivity index (χ2n) is 3.46. The molecule has 0 unspecified atom stereocenters. The van der Waals surface area contributed by atoms with Gasteiger partial charge in [0.15, 0.2) is 0 Å². The van der Waals surface area contributed by atoms with Gasteiger partial charge in [0.25, 0.3) is 0 Å². The molecule has 80 valence electrons. The summed E-state index contributed by atoms with van der Waals surface area (Å²) in [7, 11) is 0. The number of nitrogens with two attached hydrogens (primary N) is 1. The molecule has 0 saturated heterocycles. The number of anilines is 1. The summed E-state index contributed by atoms with van der Waals surface area (Å²) >= 11 is 0. The number of hydrogen-bond donors (Lipinski definition) is 1. The van der Waals surface area contributed by atoms with Crippen LogP contribution in [0.5, 0.6) is 0 Å². The van der Waals surface area contributed by atoms with Gasteiger partial charge in [0.1, 0.15) is 5.82 Å². The highest BCUT2D eigenvalue weighted by Crippen LogP contribution is 2.27. The molecule has 0 radical (unpaired) electrons. The Balaban J connectivity index is 2.56. The van der Waals surface area contributed by atoms with Crippen LogP contribution >= 0.6 is 0 Å². The summed E-state index contributed by atoms with van der Waals surface area (Å²) in [6.07, 6.45) is 0. The predicted molar refractivity (Wildman–Crippen MR) is 65.4 cm³/mol. The minimum atomic E-state index is -0.361. The predicted octanol–water partition coefficient (Wildman–Crippen LogP) is 3.47. The monoisotopic (exact) mass is 214 g/mol. The average molecular weight is 214 g/mol. The molecule has 0 aliphatic heterocycles. The SMILES string of the molecule is [2H]c1cccc(N)c1C(=C)c1ccccc1F. The molecule has 0 fully saturated rings. The lowest BCUT2D eigenvalue weighted by Crippen LogP contribution is -1.95. The van der Waals surface area contributed by atoms with E-state index < -0.39 is 0 Å². The minimum absolute atomic E-state index is 0.248. The van der Waals surface area contributed by atoms with Gasteiger partial charge in [-0.05, 0) is 17.7 Å². The molecule has 0 heterocycles. The quantitative estimate of drug-likeness (QED) is 0.761. The fraction of sp³-hybridized carbons (Fsp3) is 0. The van der Waals surface area contributed by atoms with Crippen molar-refractivity contribution in [3.63, 3.8) is 0 Å². The van der Waals surface area contributed by atoms with Crippen molar-refractivity contribution in [2.45, 2.75) is 0 Å². The number of rotatable bonds is 2. The standard InChI is InChI=1S/C14H12FN/c1-10(11-6-2-4-8-13(11)15)12-7-3-5-9-14(12)16/h2-9H,1,16H2/i7D. The van der Waals surface area contributed by atoms with Crippen LogP contribution in [-0.2, 0) is 0 Å². The first-order chi connectivity index (χ1) is 8.11. The first-order valence-corrected chi connectivity index (χ1v) is 4.90. The zero-order chi connectivity index (χ0) is 12.4. The van der Waals surface area contributed by atoms with E-state index in [1.807, 2.05) is 0 Å². The van der Waals surface area contributed by atoms with Crippen LogP contribution in [0.2, 0.25) is 0 Å². The van der Waals surface area contributed by atoms with Crippen LogP contribution in [-0.4, -0.2) is 0 Å². The van der Waals surface area contributed by atoms with Crippen molar-refractivity contribution in [2.75, 3.05) is 5.73 Å². The van der Waals surface area contributed by atoms with E-state index in [4.69, 9.17) is 7.10 Å². The summed E-state index contributed by atoms with van der Waals surface area (Å²) in [5.74, 6) is -0.361. The number of hydrogen-bond acceptors (Lipinski definition) is 1. The third-order valence-corrected chi connectivity index (χ3v) is 2.39. The Kier molecular flexibility index (Phi) is 2.40. The molecule has 2 heteroatoms. The van der Waals surface area contributed by atoms with Crippen LogP contribution < -0.4 is 5.73 Å². The van der Waals surface area contributed by atoms with Gasteiger partial charge in [-0.15, -0.1) is 0 Å². The Bertz CT molecular complexity index is 558. The molecule has 0 atom stereocenters. The number of halogens is 1. The van der Waals surface area contributed by atoms with Crippen molar-refractivity contribution in [1.82, 2.24) is 0 Å². The molecule has 2 rings (SSSR count). The highest BCUT2D eigenvalue weighted by atomic mass is 19.1. The van der Waals surface area contributed by atoms with Crippen molar-refractivity contribution in [1.29, 1.82) is 0 Å². The molecule has 2 aromatic rings. The van der Waals surface area contributed by atoms with Crippen molar-refractivity contribution in [3.05, 3.63) is 72.0 Å². The molecule has 2 aromatic carbocycles. The maximum atomic E-state index is 13.6. The van der Waals surface area contributed by atoms with Crippen molar-refractivity contribution < 1.29 is 5.76 Å². The van der Waals surface area contributed by atoms with Crippen molar-refractivity contribution >= 4 is 11.3 Å². The Morgan fingerprint density at radius 1 is 1.12 bits per heavy atom. The summed E-state index contributed by atoms with van der Waals surface area (Å²) < 4.78 is 21.4. The second kappa shape index (κ2) is 4.19. The Morgan fingerprint density at radius 2 is 1.81 bits per heavy atom. The number of nitrogen functional groups attached to an aromatic ring is 1. The first-order valence-electron chi connectivity index (χ1n) is 5.40. The average Bonchev–Trinajstić information content (AvgIpc) is 2.29. The summed E-state index contributed by atoms with van der Waals surface area (Å²) in [6.45, 7) is 3.84. The topological polar surface area (TPSA) is 26.0 Å². The molecule has 2 N–H and O–H groups in total. The third-order valence-electron chi connectivity index (χ3n) is 2.39. The van der Waals surface area contributed by atoms with E-state index in [1.165, 1.54) is 6.07 Å². The van der Waals surface area contributed by atoms with Crippen LogP contribution in [0.4, 0.5) is 10.1 Å². The van der Waals surface area contributed by atoms with Crippen LogP contribution in [0.25, 0.3) is 5.57 Å². The first kappa shape index (κ1) is 9.16. The summed E-state index contributed by atoms with van der Waals surface area (Å²) in [5.41, 5.74) is 7.54. The van der Waals surface area contributed by atoms with E-state index in [2.05, 4.69) is 6.58 Å². The fourth-order valence-electron chi connectivity index (χ4n) is 1.55. The lowest BCUT2D eigenvalue weighted by molar-refractivity contribution is 0.624. The molecule has 0 bridgehead atoms. The molecular formula is C14H12FN. The summed E-state index contributed by atoms with van der Waals surface area (Å²) in [6, 6.07) is 11.6. The molecule has 0 spiro atoms. The van der Waals surface area contributed by atoms with Crippen LogP contribution in [0.1, 0.15) is 12.5 Å². The minimum Gasteiger partial charge on any atom is -0.398 e. The van der Waals surface area contributed by atoms with Crippen molar-refractivity contribution in [2.24, 2.45) is 0 Å². The summed E-state index contributed by atoms with van der Waals surface area (Å²) in [5, 5.41) is 0. The van der Waals surface area contributed by atoms with Gasteiger partial charge in [-0.3, -0.25) is 0 Å². The molecular weight excluding hydrogens is 201 g/mol. The lowest BCUT2D eigenvalue weighted by atomic mass is 9.98. The van der Waals surface area contributed by atoms with E-state index in [1.54, 1.807) is 36.4 Å². The maximum absolute atomic E-state index is 13.6. The van der Waals surface area contributed by atoms with E-state index in [9.17, 15) is 4.39 Å². The fourth-order valence-corrected chi connectivity index (χ4v) is 1.55. The maximum Gasteiger partial charge on any atom is 0.131 e. The highest BCUT2D eigenvalue weighted by Gasteiger charge is 2.09. The zero-order valence-corrected chi connectivity index (χ0v) is 8.70. The van der Waals surface area contributed by atoms with E-state index >= 15 is 0 Å². The van der Waals surface area contributed by atoms with Gasteiger partial charge in [-0.25, -0.2) is 4.39 Å². The smallest absolute Gasteiger partial charge is 0.131 e. The van der Waals surface area contributed by atoms with Gasteiger partial charge in [0.05, 0.1) is 1.37 Å². The van der Waals surface area contributed by atoms with Gasteiger partial charge in [0.2, 0.25) is 0 Å². The molecule has 0 aliphatic carbocycles. The number of para-hydroxylation sites is 1. The molecule has 0 saturated carbocycles. The van der Waals surface area contributed by atoms with Gasteiger partial charge >= 0.3 is 0 Å². The van der Waals surface area contributed by atoms with Crippen LogP contribution in [0, 0.1) is 5.82 Å². The molecule has 16 heavy (non-hydrogen) atoms. The van der Waals surface area contributed by atoms with Gasteiger partial charge in [-0.2, -0.15) is 0 Å².